The van der Waals surface area contributed by atoms with Crippen molar-refractivity contribution in [2.75, 3.05) is 38.2 Å². The zero-order valence-electron chi connectivity index (χ0n) is 21.3. The van der Waals surface area contributed by atoms with Gasteiger partial charge in [0.15, 0.2) is 10.9 Å². The monoisotopic (exact) mass is 571 g/mol. The number of alkyl halides is 3. The highest BCUT2D eigenvalue weighted by Crippen LogP contribution is 2.30. The SMILES string of the molecule is COc1ccccc1N1CCN(C(=O)c2nnn(-c3ccc(OC(F)(F)F)cc3)c2CSc2ncccn2)CC1. The topological polar surface area (TPSA) is 98.5 Å². The molecule has 14 heteroatoms. The molecule has 0 radical (unpaired) electrons. The molecule has 0 N–H and O–H groups in total. The maximum atomic E-state index is 13.6. The first-order valence-electron chi connectivity index (χ1n) is 12.2. The maximum Gasteiger partial charge on any atom is 0.573 e. The molecule has 0 unspecified atom stereocenters. The standard InChI is InChI=1S/C26H24F3N7O3S/c1-38-22-6-3-2-5-20(22)34-13-15-35(16-14-34)24(37)23-21(17-40-25-30-11-4-12-31-25)36(33-32-23)18-7-9-19(10-8-18)39-26(27,28)29/h2-12H,13-17H2,1H3. The summed E-state index contributed by atoms with van der Waals surface area (Å²) >= 11 is 1.29. The summed E-state index contributed by atoms with van der Waals surface area (Å²) in [6, 6.07) is 14.6. The van der Waals surface area contributed by atoms with Crippen molar-refractivity contribution in [1.82, 2.24) is 29.9 Å². The van der Waals surface area contributed by atoms with Gasteiger partial charge in [0.25, 0.3) is 5.91 Å². The molecule has 0 aliphatic carbocycles. The van der Waals surface area contributed by atoms with E-state index in [-0.39, 0.29) is 23.1 Å². The van der Waals surface area contributed by atoms with Gasteiger partial charge in [0.2, 0.25) is 0 Å². The van der Waals surface area contributed by atoms with Crippen molar-refractivity contribution >= 4 is 23.4 Å². The zero-order chi connectivity index (χ0) is 28.1. The van der Waals surface area contributed by atoms with Crippen LogP contribution in [0.1, 0.15) is 16.2 Å². The molecule has 1 amide bonds. The van der Waals surface area contributed by atoms with Crippen LogP contribution in [0.5, 0.6) is 11.5 Å². The van der Waals surface area contributed by atoms with Crippen LogP contribution in [-0.2, 0) is 5.75 Å². The second-order valence-corrected chi connectivity index (χ2v) is 9.55. The van der Waals surface area contributed by atoms with Gasteiger partial charge in [-0.2, -0.15) is 0 Å². The molecule has 208 valence electrons. The molecular weight excluding hydrogens is 547 g/mol. The lowest BCUT2D eigenvalue weighted by Gasteiger charge is -2.36. The van der Waals surface area contributed by atoms with Crippen LogP contribution in [0.15, 0.2) is 72.1 Å². The van der Waals surface area contributed by atoms with Gasteiger partial charge < -0.3 is 19.3 Å². The quantitative estimate of drug-likeness (QED) is 0.227. The molecule has 5 rings (SSSR count). The average molecular weight is 572 g/mol. The highest BCUT2D eigenvalue weighted by atomic mass is 32.2. The number of nitrogens with zero attached hydrogens (tertiary/aromatic N) is 7. The van der Waals surface area contributed by atoms with E-state index in [2.05, 4.69) is 29.9 Å². The van der Waals surface area contributed by atoms with Gasteiger partial charge in [0, 0.05) is 44.3 Å². The van der Waals surface area contributed by atoms with E-state index in [1.165, 1.54) is 40.7 Å². The van der Waals surface area contributed by atoms with E-state index in [0.29, 0.717) is 42.7 Å². The van der Waals surface area contributed by atoms with Crippen LogP contribution in [0.2, 0.25) is 0 Å². The van der Waals surface area contributed by atoms with Crippen LogP contribution < -0.4 is 14.4 Å². The third-order valence-corrected chi connectivity index (χ3v) is 7.04. The van der Waals surface area contributed by atoms with Gasteiger partial charge in [-0.15, -0.1) is 18.3 Å². The molecule has 1 aliphatic heterocycles. The lowest BCUT2D eigenvalue weighted by Crippen LogP contribution is -2.49. The van der Waals surface area contributed by atoms with Crippen molar-refractivity contribution < 1.29 is 27.4 Å². The Morgan fingerprint density at radius 3 is 2.35 bits per heavy atom. The van der Waals surface area contributed by atoms with Crippen molar-refractivity contribution in [3.8, 4) is 17.2 Å². The van der Waals surface area contributed by atoms with Gasteiger partial charge in [0.05, 0.1) is 24.2 Å². The molecule has 1 fully saturated rings. The number of rotatable bonds is 8. The van der Waals surface area contributed by atoms with Crippen LogP contribution in [0.4, 0.5) is 18.9 Å². The third kappa shape index (κ3) is 6.28. The number of piperazine rings is 1. The summed E-state index contributed by atoms with van der Waals surface area (Å²) in [6.45, 7) is 2.12. The average Bonchev–Trinajstić information content (AvgIpc) is 3.39. The number of ether oxygens (including phenoxy) is 2. The molecule has 0 spiro atoms. The Kier molecular flexibility index (Phi) is 8.05. The minimum atomic E-state index is -4.80. The number of aromatic nitrogens is 5. The Balaban J connectivity index is 1.37. The fourth-order valence-corrected chi connectivity index (χ4v) is 5.07. The van der Waals surface area contributed by atoms with E-state index in [1.54, 1.807) is 30.5 Å². The Hall–Kier alpha value is -4.33. The van der Waals surface area contributed by atoms with E-state index >= 15 is 0 Å². The van der Waals surface area contributed by atoms with Crippen LogP contribution in [0.3, 0.4) is 0 Å². The number of methoxy groups -OCH3 is 1. The van der Waals surface area contributed by atoms with E-state index < -0.39 is 6.36 Å². The van der Waals surface area contributed by atoms with Crippen molar-refractivity contribution in [3.63, 3.8) is 0 Å². The van der Waals surface area contributed by atoms with Crippen molar-refractivity contribution in [2.24, 2.45) is 0 Å². The highest BCUT2D eigenvalue weighted by Gasteiger charge is 2.31. The third-order valence-electron chi connectivity index (χ3n) is 6.15. The summed E-state index contributed by atoms with van der Waals surface area (Å²) in [5.74, 6) is 0.362. The first kappa shape index (κ1) is 27.2. The van der Waals surface area contributed by atoms with Crippen molar-refractivity contribution in [2.45, 2.75) is 17.3 Å². The number of benzene rings is 2. The van der Waals surface area contributed by atoms with Gasteiger partial charge in [-0.3, -0.25) is 4.79 Å². The van der Waals surface area contributed by atoms with Crippen LogP contribution in [-0.4, -0.2) is 75.4 Å². The summed E-state index contributed by atoms with van der Waals surface area (Å²) in [7, 11) is 1.62. The molecule has 0 saturated carbocycles. The molecule has 2 aromatic carbocycles. The van der Waals surface area contributed by atoms with Crippen LogP contribution in [0.25, 0.3) is 5.69 Å². The minimum absolute atomic E-state index is 0.157. The molecule has 4 aromatic rings. The number of amides is 1. The Morgan fingerprint density at radius 2 is 1.68 bits per heavy atom. The van der Waals surface area contributed by atoms with Crippen molar-refractivity contribution in [1.29, 1.82) is 0 Å². The summed E-state index contributed by atoms with van der Waals surface area (Å²) in [6.07, 6.45) is -1.59. The first-order valence-corrected chi connectivity index (χ1v) is 13.2. The van der Waals surface area contributed by atoms with E-state index in [1.807, 2.05) is 24.3 Å². The molecule has 1 saturated heterocycles. The summed E-state index contributed by atoms with van der Waals surface area (Å²) in [5.41, 5.74) is 2.01. The molecule has 10 nitrogen and oxygen atoms in total. The summed E-state index contributed by atoms with van der Waals surface area (Å²) < 4.78 is 48.7. The number of thioether (sulfide) groups is 1. The predicted octanol–water partition coefficient (Wildman–Crippen LogP) is 4.22. The highest BCUT2D eigenvalue weighted by molar-refractivity contribution is 7.98. The second kappa shape index (κ2) is 11.8. The molecular formula is C26H24F3N7O3S. The predicted molar refractivity (Wildman–Crippen MR) is 141 cm³/mol. The van der Waals surface area contributed by atoms with E-state index in [9.17, 15) is 18.0 Å². The zero-order valence-corrected chi connectivity index (χ0v) is 22.1. The van der Waals surface area contributed by atoms with Gasteiger partial charge in [-0.05, 0) is 42.5 Å². The molecule has 40 heavy (non-hydrogen) atoms. The fraction of sp³-hybridized carbons (Fsp3) is 0.269. The fourth-order valence-electron chi connectivity index (χ4n) is 4.28. The molecule has 0 bridgehead atoms. The van der Waals surface area contributed by atoms with E-state index in [0.717, 1.165) is 11.4 Å². The number of carbonyl (C=O) groups is 1. The lowest BCUT2D eigenvalue weighted by atomic mass is 10.2. The van der Waals surface area contributed by atoms with Gasteiger partial charge in [-0.1, -0.05) is 29.1 Å². The second-order valence-electron chi connectivity index (χ2n) is 8.61. The number of anilines is 1. The number of hydrogen-bond acceptors (Lipinski definition) is 9. The van der Waals surface area contributed by atoms with Crippen LogP contribution >= 0.6 is 11.8 Å². The number of para-hydroxylation sites is 2. The molecule has 2 aromatic heterocycles. The maximum absolute atomic E-state index is 13.6. The normalized spacial score (nSPS) is 13.8. The van der Waals surface area contributed by atoms with E-state index in [4.69, 9.17) is 4.74 Å². The number of carbonyl (C=O) groups excluding carboxylic acids is 1. The minimum Gasteiger partial charge on any atom is -0.495 e. The smallest absolute Gasteiger partial charge is 0.495 e. The Bertz CT molecular complexity index is 1440. The lowest BCUT2D eigenvalue weighted by molar-refractivity contribution is -0.274. The Morgan fingerprint density at radius 1 is 0.975 bits per heavy atom. The van der Waals surface area contributed by atoms with Gasteiger partial charge in [-0.25, -0.2) is 14.6 Å². The van der Waals surface area contributed by atoms with Crippen LogP contribution in [0, 0.1) is 0 Å². The van der Waals surface area contributed by atoms with Crippen molar-refractivity contribution in [3.05, 3.63) is 78.4 Å². The molecule has 1 aliphatic rings. The first-order chi connectivity index (χ1) is 19.3. The van der Waals surface area contributed by atoms with Gasteiger partial charge >= 0.3 is 6.36 Å². The molecule has 0 atom stereocenters. The largest absolute Gasteiger partial charge is 0.573 e. The van der Waals surface area contributed by atoms with Gasteiger partial charge in [0.1, 0.15) is 11.5 Å². The summed E-state index contributed by atoms with van der Waals surface area (Å²) in [5, 5.41) is 8.86. The molecule has 3 heterocycles. The number of halogens is 3. The Labute approximate surface area is 231 Å². The summed E-state index contributed by atoms with van der Waals surface area (Å²) in [4.78, 5) is 25.9. The number of hydrogen-bond donors (Lipinski definition) is 0.